The van der Waals surface area contributed by atoms with Crippen molar-refractivity contribution in [3.05, 3.63) is 83.6 Å². The highest BCUT2D eigenvalue weighted by Crippen LogP contribution is 2.34. The third kappa shape index (κ3) is 2.39. The number of fused-ring (bicyclic) bond motifs is 4. The fourth-order valence-electron chi connectivity index (χ4n) is 3.40. The Hall–Kier alpha value is -2.78. The van der Waals surface area contributed by atoms with Crippen molar-refractivity contribution in [2.24, 2.45) is 0 Å². The lowest BCUT2D eigenvalue weighted by Gasteiger charge is -2.10. The normalized spacial score (nSPS) is 11.4. The van der Waals surface area contributed by atoms with Crippen molar-refractivity contribution in [2.75, 3.05) is 0 Å². The van der Waals surface area contributed by atoms with Gasteiger partial charge in [-0.3, -0.25) is 9.97 Å². The lowest BCUT2D eigenvalue weighted by molar-refractivity contribution is 1.37. The van der Waals surface area contributed by atoms with Crippen LogP contribution in [0.3, 0.4) is 0 Å². The van der Waals surface area contributed by atoms with Gasteiger partial charge in [-0.2, -0.15) is 0 Å². The molecule has 0 spiro atoms. The number of rotatable bonds is 1. The van der Waals surface area contributed by atoms with Crippen LogP contribution in [-0.2, 0) is 0 Å². The Morgan fingerprint density at radius 1 is 0.640 bits per heavy atom. The van der Waals surface area contributed by atoms with Crippen LogP contribution < -0.4 is 0 Å². The molecule has 0 aliphatic rings. The maximum Gasteiger partial charge on any atom is 0.0970 e. The number of halogens is 1. The van der Waals surface area contributed by atoms with Crippen molar-refractivity contribution < 1.29 is 0 Å². The van der Waals surface area contributed by atoms with Crippen LogP contribution in [0.5, 0.6) is 0 Å². The number of hydrogen-bond acceptors (Lipinski definition) is 2. The second kappa shape index (κ2) is 5.64. The quantitative estimate of drug-likeness (QED) is 0.314. The van der Waals surface area contributed by atoms with Gasteiger partial charge in [0.15, 0.2) is 0 Å². The van der Waals surface area contributed by atoms with Crippen molar-refractivity contribution in [1.29, 1.82) is 0 Å². The molecule has 2 nitrogen and oxygen atoms in total. The molecule has 3 heteroatoms. The van der Waals surface area contributed by atoms with Gasteiger partial charge in [0.2, 0.25) is 0 Å². The second-order valence-corrected chi connectivity index (χ2v) is 7.02. The molecule has 0 unspecified atom stereocenters. The first kappa shape index (κ1) is 14.6. The molecule has 0 aliphatic carbocycles. The van der Waals surface area contributed by atoms with E-state index in [-0.39, 0.29) is 0 Å². The van der Waals surface area contributed by atoms with E-state index in [2.05, 4.69) is 80.5 Å². The molecule has 0 saturated heterocycles. The Morgan fingerprint density at radius 2 is 1.40 bits per heavy atom. The van der Waals surface area contributed by atoms with Gasteiger partial charge < -0.3 is 0 Å². The zero-order valence-corrected chi connectivity index (χ0v) is 14.9. The first-order valence-corrected chi connectivity index (χ1v) is 8.91. The maximum atomic E-state index is 4.60. The Labute approximate surface area is 153 Å². The van der Waals surface area contributed by atoms with Gasteiger partial charge in [0.05, 0.1) is 11.0 Å². The highest BCUT2D eigenvalue weighted by atomic mass is 79.9. The molecule has 5 rings (SSSR count). The summed E-state index contributed by atoms with van der Waals surface area (Å²) in [6.45, 7) is 0. The minimum Gasteiger partial charge on any atom is -0.254 e. The van der Waals surface area contributed by atoms with Crippen LogP contribution in [0.4, 0.5) is 0 Å². The highest BCUT2D eigenvalue weighted by molar-refractivity contribution is 9.10. The average molecular weight is 385 g/mol. The maximum absolute atomic E-state index is 4.60. The minimum atomic E-state index is 0.950. The van der Waals surface area contributed by atoms with E-state index in [9.17, 15) is 0 Å². The molecule has 5 aromatic rings. The summed E-state index contributed by atoms with van der Waals surface area (Å²) < 4.78 is 1.10. The predicted octanol–water partition coefficient (Wildman–Crippen LogP) is 6.37. The van der Waals surface area contributed by atoms with Crippen LogP contribution in [-0.4, -0.2) is 9.97 Å². The van der Waals surface area contributed by atoms with Gasteiger partial charge in [0, 0.05) is 27.6 Å². The second-order valence-electron chi connectivity index (χ2n) is 6.11. The molecule has 0 N–H and O–H groups in total. The molecular formula is C22H13BrN2. The van der Waals surface area contributed by atoms with Crippen molar-refractivity contribution >= 4 is 48.5 Å². The van der Waals surface area contributed by atoms with E-state index >= 15 is 0 Å². The van der Waals surface area contributed by atoms with Gasteiger partial charge in [-0.15, -0.1) is 0 Å². The van der Waals surface area contributed by atoms with Crippen LogP contribution in [0.2, 0.25) is 0 Å². The fraction of sp³-hybridized carbons (Fsp3) is 0. The summed E-state index contributed by atoms with van der Waals surface area (Å²) in [6, 6.07) is 23.3. The Kier molecular flexibility index (Phi) is 3.28. The number of benzene rings is 3. The largest absolute Gasteiger partial charge is 0.254 e. The van der Waals surface area contributed by atoms with Crippen molar-refractivity contribution in [2.45, 2.75) is 0 Å². The molecule has 2 aromatic heterocycles. The summed E-state index contributed by atoms with van der Waals surface area (Å²) >= 11 is 3.54. The lowest BCUT2D eigenvalue weighted by Crippen LogP contribution is -1.89. The van der Waals surface area contributed by atoms with Crippen LogP contribution in [0.25, 0.3) is 43.7 Å². The van der Waals surface area contributed by atoms with Crippen molar-refractivity contribution in [1.82, 2.24) is 9.97 Å². The summed E-state index contributed by atoms with van der Waals surface area (Å²) in [4.78, 5) is 9.14. The molecule has 3 aromatic carbocycles. The topological polar surface area (TPSA) is 25.8 Å². The van der Waals surface area contributed by atoms with E-state index in [1.54, 1.807) is 0 Å². The number of pyridine rings is 2. The summed E-state index contributed by atoms with van der Waals surface area (Å²) in [5.41, 5.74) is 4.28. The molecule has 0 fully saturated rings. The molecule has 0 saturated carbocycles. The van der Waals surface area contributed by atoms with E-state index in [0.29, 0.717) is 0 Å². The van der Waals surface area contributed by atoms with Gasteiger partial charge in [-0.1, -0.05) is 46.3 Å². The van der Waals surface area contributed by atoms with Gasteiger partial charge in [0.25, 0.3) is 0 Å². The Morgan fingerprint density at radius 3 is 2.32 bits per heavy atom. The van der Waals surface area contributed by atoms with Gasteiger partial charge in [0.1, 0.15) is 0 Å². The monoisotopic (exact) mass is 384 g/mol. The number of aromatic nitrogens is 2. The molecule has 25 heavy (non-hydrogen) atoms. The molecule has 0 amide bonds. The molecule has 118 valence electrons. The van der Waals surface area contributed by atoms with Crippen LogP contribution >= 0.6 is 15.9 Å². The zero-order chi connectivity index (χ0) is 16.8. The molecule has 0 atom stereocenters. The van der Waals surface area contributed by atoms with Crippen molar-refractivity contribution in [3.63, 3.8) is 0 Å². The Balaban J connectivity index is 1.86. The molecule has 0 radical (unpaired) electrons. The van der Waals surface area contributed by atoms with Crippen molar-refractivity contribution in [3.8, 4) is 11.1 Å². The first-order chi connectivity index (χ1) is 12.3. The standard InChI is InChI=1S/C22H13BrN2/c23-18-8-7-14-11-16(6-5-15(14)12-18)20-13-17-3-1-9-24-21(17)22-19(20)4-2-10-25-22/h1-13H. The number of nitrogens with zero attached hydrogens (tertiary/aromatic N) is 2. The Bertz CT molecular complexity index is 1260. The molecule has 0 aliphatic heterocycles. The van der Waals surface area contributed by atoms with Crippen LogP contribution in [0.1, 0.15) is 0 Å². The average Bonchev–Trinajstić information content (AvgIpc) is 2.67. The molecule has 0 bridgehead atoms. The number of hydrogen-bond donors (Lipinski definition) is 0. The highest BCUT2D eigenvalue weighted by Gasteiger charge is 2.10. The third-order valence-electron chi connectivity index (χ3n) is 4.57. The van der Waals surface area contributed by atoms with E-state index < -0.39 is 0 Å². The lowest BCUT2D eigenvalue weighted by atomic mass is 9.96. The smallest absolute Gasteiger partial charge is 0.0970 e. The summed E-state index contributed by atoms with van der Waals surface area (Å²) in [5, 5.41) is 4.69. The predicted molar refractivity (Wildman–Crippen MR) is 108 cm³/mol. The SMILES string of the molecule is Brc1ccc2cc(-c3cc4cccnc4c4ncccc34)ccc2c1. The first-order valence-electron chi connectivity index (χ1n) is 8.12. The van der Waals surface area contributed by atoms with E-state index in [1.165, 1.54) is 21.9 Å². The van der Waals surface area contributed by atoms with E-state index in [0.717, 1.165) is 26.3 Å². The minimum absolute atomic E-state index is 0.950. The van der Waals surface area contributed by atoms with Gasteiger partial charge in [-0.25, -0.2) is 0 Å². The molecular weight excluding hydrogens is 372 g/mol. The summed E-state index contributed by atoms with van der Waals surface area (Å²) in [6.07, 6.45) is 3.65. The van der Waals surface area contributed by atoms with Crippen LogP contribution in [0.15, 0.2) is 83.6 Å². The molecule has 2 heterocycles. The van der Waals surface area contributed by atoms with Gasteiger partial charge in [-0.05, 0) is 58.3 Å². The van der Waals surface area contributed by atoms with Gasteiger partial charge >= 0.3 is 0 Å². The summed E-state index contributed by atoms with van der Waals surface area (Å²) in [7, 11) is 0. The summed E-state index contributed by atoms with van der Waals surface area (Å²) in [5.74, 6) is 0. The fourth-order valence-corrected chi connectivity index (χ4v) is 3.78. The van der Waals surface area contributed by atoms with E-state index in [4.69, 9.17) is 0 Å². The third-order valence-corrected chi connectivity index (χ3v) is 5.07. The zero-order valence-electron chi connectivity index (χ0n) is 13.3. The van der Waals surface area contributed by atoms with Crippen LogP contribution in [0, 0.1) is 0 Å². The van der Waals surface area contributed by atoms with E-state index in [1.807, 2.05) is 24.5 Å².